The van der Waals surface area contributed by atoms with Crippen LogP contribution in [0.15, 0.2) is 35.4 Å². The number of rotatable bonds is 5. The number of nitrogens with one attached hydrogen (secondary N) is 1. The lowest BCUT2D eigenvalue weighted by Gasteiger charge is -2.16. The highest BCUT2D eigenvalue weighted by Crippen LogP contribution is 2.28. The number of hydrogen-bond acceptors (Lipinski definition) is 6. The van der Waals surface area contributed by atoms with E-state index in [4.69, 9.17) is 4.74 Å². The van der Waals surface area contributed by atoms with Crippen LogP contribution in [-0.4, -0.2) is 28.0 Å². The van der Waals surface area contributed by atoms with Crippen LogP contribution in [-0.2, 0) is 9.53 Å². The van der Waals surface area contributed by atoms with Crippen LogP contribution in [0.2, 0.25) is 0 Å². The number of para-hydroxylation sites is 1. The van der Waals surface area contributed by atoms with Gasteiger partial charge in [-0.3, -0.25) is 14.2 Å². The van der Waals surface area contributed by atoms with Crippen LogP contribution in [0, 0.1) is 13.8 Å². The van der Waals surface area contributed by atoms with Gasteiger partial charge in [0.1, 0.15) is 15.7 Å². The van der Waals surface area contributed by atoms with Crippen LogP contribution in [0.25, 0.3) is 10.2 Å². The highest BCUT2D eigenvalue weighted by atomic mass is 32.1. The third kappa shape index (κ3) is 3.55. The zero-order chi connectivity index (χ0) is 20.4. The number of aromatic nitrogens is 2. The van der Waals surface area contributed by atoms with E-state index in [1.807, 2.05) is 25.1 Å². The number of hydrogen-bond donors (Lipinski definition) is 1. The second-order valence-corrected chi connectivity index (χ2v) is 7.39. The molecule has 0 bridgehead atoms. The molecule has 0 fully saturated rings. The van der Waals surface area contributed by atoms with Gasteiger partial charge in [0.2, 0.25) is 5.91 Å². The Bertz CT molecular complexity index is 1120. The number of esters is 1. The Morgan fingerprint density at radius 2 is 2.00 bits per heavy atom. The van der Waals surface area contributed by atoms with E-state index in [9.17, 15) is 14.4 Å². The Labute approximate surface area is 166 Å². The maximum Gasteiger partial charge on any atom is 0.348 e. The van der Waals surface area contributed by atoms with Crippen molar-refractivity contribution in [2.75, 3.05) is 11.9 Å². The summed E-state index contributed by atoms with van der Waals surface area (Å²) in [5, 5.41) is 3.18. The number of amides is 1. The molecule has 0 aliphatic rings. The summed E-state index contributed by atoms with van der Waals surface area (Å²) < 4.78 is 6.32. The molecular weight excluding hydrogens is 378 g/mol. The van der Waals surface area contributed by atoms with E-state index in [1.54, 1.807) is 26.8 Å². The first kappa shape index (κ1) is 19.8. The molecule has 1 amide bonds. The molecule has 1 atom stereocenters. The highest BCUT2D eigenvalue weighted by molar-refractivity contribution is 7.20. The minimum absolute atomic E-state index is 0.250. The molecule has 2 aromatic heterocycles. The topological polar surface area (TPSA) is 90.3 Å². The third-order valence-electron chi connectivity index (χ3n) is 4.54. The average molecular weight is 399 g/mol. The SMILES string of the molecule is CCOC(=O)c1sc2ncn([C@@H](C)C(=O)Nc3ccccc3C)c(=O)c2c1C. The maximum atomic E-state index is 13.0. The highest BCUT2D eigenvalue weighted by Gasteiger charge is 2.23. The van der Waals surface area contributed by atoms with Gasteiger partial charge in [-0.15, -0.1) is 11.3 Å². The molecule has 0 radical (unpaired) electrons. The standard InChI is InChI=1S/C20H21N3O4S/c1-5-27-20(26)16-12(3)15-18(28-16)21-10-23(19(15)25)13(4)17(24)22-14-9-7-6-8-11(14)2/h6-10,13H,5H2,1-4H3,(H,22,24)/t13-/m0/s1. The molecule has 7 nitrogen and oxygen atoms in total. The molecule has 0 spiro atoms. The Morgan fingerprint density at radius 1 is 1.29 bits per heavy atom. The second kappa shape index (κ2) is 7.93. The fourth-order valence-electron chi connectivity index (χ4n) is 2.88. The average Bonchev–Trinajstić information content (AvgIpc) is 3.01. The van der Waals surface area contributed by atoms with Crippen LogP contribution in [0.1, 0.15) is 40.7 Å². The Kier molecular flexibility index (Phi) is 5.60. The number of fused-ring (bicyclic) bond motifs is 1. The van der Waals surface area contributed by atoms with Crippen molar-refractivity contribution in [3.8, 4) is 0 Å². The molecule has 28 heavy (non-hydrogen) atoms. The number of thiophene rings is 1. The van der Waals surface area contributed by atoms with Gasteiger partial charge < -0.3 is 10.1 Å². The monoisotopic (exact) mass is 399 g/mol. The third-order valence-corrected chi connectivity index (χ3v) is 5.72. The van der Waals surface area contributed by atoms with Crippen molar-refractivity contribution >= 4 is 39.1 Å². The van der Waals surface area contributed by atoms with E-state index >= 15 is 0 Å². The first-order valence-electron chi connectivity index (χ1n) is 8.89. The fraction of sp³-hybridized carbons (Fsp3) is 0.300. The summed E-state index contributed by atoms with van der Waals surface area (Å²) in [5.41, 5.74) is 1.79. The van der Waals surface area contributed by atoms with Gasteiger partial charge in [0.15, 0.2) is 0 Å². The van der Waals surface area contributed by atoms with Crippen LogP contribution >= 0.6 is 11.3 Å². The fourth-order valence-corrected chi connectivity index (χ4v) is 3.91. The Balaban J connectivity index is 1.97. The van der Waals surface area contributed by atoms with Crippen molar-refractivity contribution in [1.82, 2.24) is 9.55 Å². The van der Waals surface area contributed by atoms with Crippen molar-refractivity contribution in [2.24, 2.45) is 0 Å². The van der Waals surface area contributed by atoms with Crippen LogP contribution in [0.5, 0.6) is 0 Å². The predicted molar refractivity (Wildman–Crippen MR) is 109 cm³/mol. The molecule has 146 valence electrons. The van der Waals surface area contributed by atoms with Gasteiger partial charge >= 0.3 is 5.97 Å². The van der Waals surface area contributed by atoms with E-state index < -0.39 is 12.0 Å². The first-order chi connectivity index (χ1) is 13.3. The zero-order valence-electron chi connectivity index (χ0n) is 16.1. The molecule has 0 saturated heterocycles. The van der Waals surface area contributed by atoms with Crippen molar-refractivity contribution in [1.29, 1.82) is 0 Å². The number of benzene rings is 1. The van der Waals surface area contributed by atoms with Crippen molar-refractivity contribution in [2.45, 2.75) is 33.7 Å². The zero-order valence-corrected chi connectivity index (χ0v) is 16.9. The van der Waals surface area contributed by atoms with Gasteiger partial charge in [-0.1, -0.05) is 18.2 Å². The molecule has 0 saturated carbocycles. The Hall–Kier alpha value is -3.00. The van der Waals surface area contributed by atoms with Gasteiger partial charge in [0.05, 0.1) is 18.3 Å². The predicted octanol–water partition coefficient (Wildman–Crippen LogP) is 3.45. The molecule has 1 N–H and O–H groups in total. The molecular formula is C20H21N3O4S. The second-order valence-electron chi connectivity index (χ2n) is 6.39. The molecule has 2 heterocycles. The molecule has 3 rings (SSSR count). The summed E-state index contributed by atoms with van der Waals surface area (Å²) in [5.74, 6) is -0.796. The number of aryl methyl sites for hydroxylation is 2. The van der Waals surface area contributed by atoms with Crippen molar-refractivity contribution < 1.29 is 14.3 Å². The number of nitrogens with zero attached hydrogens (tertiary/aromatic N) is 2. The molecule has 3 aromatic rings. The summed E-state index contributed by atoms with van der Waals surface area (Å²) in [6.45, 7) is 7.19. The van der Waals surface area contributed by atoms with Gasteiger partial charge in [-0.2, -0.15) is 0 Å². The largest absolute Gasteiger partial charge is 0.462 e. The number of ether oxygens (including phenoxy) is 1. The molecule has 1 aromatic carbocycles. The minimum Gasteiger partial charge on any atom is -0.462 e. The summed E-state index contributed by atoms with van der Waals surface area (Å²) in [6, 6.07) is 6.65. The maximum absolute atomic E-state index is 13.0. The molecule has 8 heteroatoms. The normalized spacial score (nSPS) is 12.0. The van der Waals surface area contributed by atoms with E-state index in [2.05, 4.69) is 10.3 Å². The van der Waals surface area contributed by atoms with Crippen LogP contribution in [0.3, 0.4) is 0 Å². The Morgan fingerprint density at radius 3 is 2.68 bits per heavy atom. The first-order valence-corrected chi connectivity index (χ1v) is 9.70. The lowest BCUT2D eigenvalue weighted by Crippen LogP contribution is -2.32. The summed E-state index contributed by atoms with van der Waals surface area (Å²) in [7, 11) is 0. The summed E-state index contributed by atoms with van der Waals surface area (Å²) >= 11 is 1.12. The quantitative estimate of drug-likeness (QED) is 0.664. The number of carbonyl (C=O) groups is 2. The summed E-state index contributed by atoms with van der Waals surface area (Å²) in [4.78, 5) is 42.9. The van der Waals surface area contributed by atoms with Crippen LogP contribution in [0.4, 0.5) is 5.69 Å². The van der Waals surface area contributed by atoms with Gasteiger partial charge in [0.25, 0.3) is 5.56 Å². The van der Waals surface area contributed by atoms with E-state index in [0.717, 1.165) is 16.9 Å². The number of anilines is 1. The van der Waals surface area contributed by atoms with E-state index in [-0.39, 0.29) is 18.1 Å². The molecule has 0 unspecified atom stereocenters. The summed E-state index contributed by atoms with van der Waals surface area (Å²) in [6.07, 6.45) is 1.34. The minimum atomic E-state index is -0.769. The lowest BCUT2D eigenvalue weighted by molar-refractivity contribution is -0.118. The van der Waals surface area contributed by atoms with Crippen LogP contribution < -0.4 is 10.9 Å². The number of carbonyl (C=O) groups excluding carboxylic acids is 2. The molecule has 0 aliphatic carbocycles. The van der Waals surface area contributed by atoms with E-state index in [0.29, 0.717) is 26.3 Å². The van der Waals surface area contributed by atoms with E-state index in [1.165, 1.54) is 10.9 Å². The van der Waals surface area contributed by atoms with Gasteiger partial charge in [0, 0.05) is 5.69 Å². The smallest absolute Gasteiger partial charge is 0.348 e. The van der Waals surface area contributed by atoms with Crippen molar-refractivity contribution in [3.05, 3.63) is 57.0 Å². The lowest BCUT2D eigenvalue weighted by atomic mass is 10.2. The molecule has 0 aliphatic heterocycles. The van der Waals surface area contributed by atoms with Gasteiger partial charge in [-0.25, -0.2) is 9.78 Å². The van der Waals surface area contributed by atoms with Gasteiger partial charge in [-0.05, 0) is 44.9 Å². The van der Waals surface area contributed by atoms with Crippen molar-refractivity contribution in [3.63, 3.8) is 0 Å².